The van der Waals surface area contributed by atoms with E-state index < -0.39 is 0 Å². The van der Waals surface area contributed by atoms with Gasteiger partial charge >= 0.3 is 0 Å². The van der Waals surface area contributed by atoms with E-state index in [-0.39, 0.29) is 10.8 Å². The Morgan fingerprint density at radius 2 is 0.935 bits per heavy atom. The van der Waals surface area contributed by atoms with Crippen molar-refractivity contribution < 1.29 is 0 Å². The van der Waals surface area contributed by atoms with E-state index in [1.54, 1.807) is 0 Å². The van der Waals surface area contributed by atoms with Crippen LogP contribution in [0, 0.1) is 0 Å². The Balaban J connectivity index is 1.50. The zero-order chi connectivity index (χ0) is 21.5. The van der Waals surface area contributed by atoms with Crippen LogP contribution in [0.4, 0.5) is 0 Å². The van der Waals surface area contributed by atoms with Gasteiger partial charge in [-0.15, -0.1) is 0 Å². The molecule has 0 fully saturated rings. The molecule has 0 saturated carbocycles. The quantitative estimate of drug-likeness (QED) is 0.312. The lowest BCUT2D eigenvalue weighted by Crippen LogP contribution is -2.17. The average molecular weight is 396 g/mol. The van der Waals surface area contributed by atoms with Crippen LogP contribution in [-0.2, 0) is 10.8 Å². The lowest BCUT2D eigenvalue weighted by molar-refractivity contribution is 0.660. The summed E-state index contributed by atoms with van der Waals surface area (Å²) < 4.78 is 0. The van der Waals surface area contributed by atoms with E-state index >= 15 is 0 Å². The standard InChI is InChI=1S/C30H25B/c1-29(2)25-8-6-5-7-21(25)22-12-9-18(15-26(22)29)19-10-13-23-24-14-11-20(31)17-28(24)30(3,4)27(23)16-19/h5-17H,1-4H3. The first-order valence-corrected chi connectivity index (χ1v) is 11.1. The normalized spacial score (nSPS) is 16.4. The van der Waals surface area contributed by atoms with Gasteiger partial charge < -0.3 is 0 Å². The Bertz CT molecular complexity index is 1390. The summed E-state index contributed by atoms with van der Waals surface area (Å²) in [6, 6.07) is 29.1. The first-order valence-electron chi connectivity index (χ1n) is 11.1. The number of rotatable bonds is 1. The minimum absolute atomic E-state index is 0.0195. The Morgan fingerprint density at radius 1 is 0.484 bits per heavy atom. The predicted octanol–water partition coefficient (Wildman–Crippen LogP) is 6.76. The second-order valence-electron chi connectivity index (χ2n) is 10.1. The van der Waals surface area contributed by atoms with E-state index in [4.69, 9.17) is 7.85 Å². The van der Waals surface area contributed by atoms with E-state index in [1.165, 1.54) is 55.6 Å². The van der Waals surface area contributed by atoms with Crippen LogP contribution in [-0.4, -0.2) is 7.85 Å². The van der Waals surface area contributed by atoms with Crippen LogP contribution in [0.25, 0.3) is 33.4 Å². The molecule has 2 aliphatic rings. The SMILES string of the molecule is [B]c1ccc2c(c1)C(C)(C)c1cc(-c3ccc4c(c3)C(C)(C)c3ccccc3-4)ccc1-2. The van der Waals surface area contributed by atoms with Gasteiger partial charge in [0.15, 0.2) is 0 Å². The number of benzene rings is 4. The number of hydrogen-bond acceptors (Lipinski definition) is 0. The molecule has 1 heteroatoms. The minimum Gasteiger partial charge on any atom is -0.0963 e. The summed E-state index contributed by atoms with van der Waals surface area (Å²) in [7, 11) is 6.12. The van der Waals surface area contributed by atoms with Crippen LogP contribution in [0.3, 0.4) is 0 Å². The van der Waals surface area contributed by atoms with Gasteiger partial charge in [-0.25, -0.2) is 0 Å². The van der Waals surface area contributed by atoms with Gasteiger partial charge in [-0.1, -0.05) is 99.9 Å². The van der Waals surface area contributed by atoms with Gasteiger partial charge in [-0.05, 0) is 67.8 Å². The second kappa shape index (κ2) is 6.01. The van der Waals surface area contributed by atoms with E-state index in [0.717, 1.165) is 5.46 Å². The van der Waals surface area contributed by atoms with E-state index in [1.807, 2.05) is 6.07 Å². The zero-order valence-corrected chi connectivity index (χ0v) is 18.6. The molecule has 6 rings (SSSR count). The van der Waals surface area contributed by atoms with Gasteiger partial charge in [0.25, 0.3) is 0 Å². The maximum Gasteiger partial charge on any atom is 0.113 e. The molecule has 0 atom stereocenters. The van der Waals surface area contributed by atoms with Crippen LogP contribution in [0.5, 0.6) is 0 Å². The van der Waals surface area contributed by atoms with Crippen molar-refractivity contribution >= 4 is 13.3 Å². The zero-order valence-electron chi connectivity index (χ0n) is 18.6. The molecule has 0 aromatic heterocycles. The molecule has 2 radical (unpaired) electrons. The molecular formula is C30H25B. The second-order valence-corrected chi connectivity index (χ2v) is 10.1. The fraction of sp³-hybridized carbons (Fsp3) is 0.200. The summed E-state index contributed by atoms with van der Waals surface area (Å²) in [6.45, 7) is 9.30. The monoisotopic (exact) mass is 396 g/mol. The highest BCUT2D eigenvalue weighted by Crippen LogP contribution is 2.51. The maximum absolute atomic E-state index is 6.12. The van der Waals surface area contributed by atoms with Gasteiger partial charge in [0.05, 0.1) is 0 Å². The van der Waals surface area contributed by atoms with Crippen molar-refractivity contribution in [1.29, 1.82) is 0 Å². The highest BCUT2D eigenvalue weighted by molar-refractivity contribution is 6.32. The molecule has 0 heterocycles. The lowest BCUT2D eigenvalue weighted by Gasteiger charge is -2.23. The highest BCUT2D eigenvalue weighted by atomic mass is 14.4. The molecule has 31 heavy (non-hydrogen) atoms. The first-order chi connectivity index (χ1) is 14.8. The molecule has 0 amide bonds. The summed E-state index contributed by atoms with van der Waals surface area (Å²) in [5, 5.41) is 0. The van der Waals surface area contributed by atoms with Gasteiger partial charge in [0.2, 0.25) is 0 Å². The molecule has 0 spiro atoms. The number of hydrogen-bond donors (Lipinski definition) is 0. The van der Waals surface area contributed by atoms with E-state index in [2.05, 4.69) is 100 Å². The molecule has 0 bridgehead atoms. The molecule has 0 unspecified atom stereocenters. The van der Waals surface area contributed by atoms with Crippen molar-refractivity contribution in [1.82, 2.24) is 0 Å². The van der Waals surface area contributed by atoms with Gasteiger partial charge in [0.1, 0.15) is 7.85 Å². The third kappa shape index (κ3) is 2.44. The van der Waals surface area contributed by atoms with Crippen LogP contribution in [0.15, 0.2) is 78.9 Å². The Morgan fingerprint density at radius 3 is 1.55 bits per heavy atom. The van der Waals surface area contributed by atoms with Crippen molar-refractivity contribution in [2.45, 2.75) is 38.5 Å². The molecule has 0 saturated heterocycles. The predicted molar refractivity (Wildman–Crippen MR) is 132 cm³/mol. The summed E-state index contributed by atoms with van der Waals surface area (Å²) in [4.78, 5) is 0. The van der Waals surface area contributed by atoms with Crippen molar-refractivity contribution in [2.75, 3.05) is 0 Å². The summed E-state index contributed by atoms with van der Waals surface area (Å²) in [6.07, 6.45) is 0. The largest absolute Gasteiger partial charge is 0.113 e. The molecule has 0 N–H and O–H groups in total. The topological polar surface area (TPSA) is 0 Å². The molecule has 4 aromatic rings. The molecule has 0 nitrogen and oxygen atoms in total. The third-order valence-electron chi connectivity index (χ3n) is 7.62. The van der Waals surface area contributed by atoms with Crippen LogP contribution in [0.2, 0.25) is 0 Å². The summed E-state index contributed by atoms with van der Waals surface area (Å²) in [5.74, 6) is 0. The summed E-state index contributed by atoms with van der Waals surface area (Å²) >= 11 is 0. The molecular weight excluding hydrogens is 371 g/mol. The van der Waals surface area contributed by atoms with Crippen molar-refractivity contribution in [3.63, 3.8) is 0 Å². The fourth-order valence-corrected chi connectivity index (χ4v) is 5.82. The van der Waals surface area contributed by atoms with Crippen LogP contribution >= 0.6 is 0 Å². The fourth-order valence-electron chi connectivity index (χ4n) is 5.82. The lowest BCUT2D eigenvalue weighted by atomic mass is 9.79. The molecule has 2 aliphatic carbocycles. The first kappa shape index (κ1) is 18.7. The Kier molecular flexibility index (Phi) is 3.62. The van der Waals surface area contributed by atoms with Gasteiger partial charge in [-0.2, -0.15) is 0 Å². The minimum atomic E-state index is -0.0533. The third-order valence-corrected chi connectivity index (χ3v) is 7.62. The Hall–Kier alpha value is -3.06. The van der Waals surface area contributed by atoms with Gasteiger partial charge in [-0.3, -0.25) is 0 Å². The molecule has 0 aliphatic heterocycles. The van der Waals surface area contributed by atoms with Crippen molar-refractivity contribution in [3.8, 4) is 33.4 Å². The molecule has 4 aromatic carbocycles. The van der Waals surface area contributed by atoms with E-state index in [9.17, 15) is 0 Å². The summed E-state index contributed by atoms with van der Waals surface area (Å²) in [5.41, 5.74) is 14.3. The molecule has 148 valence electrons. The van der Waals surface area contributed by atoms with Crippen molar-refractivity contribution in [2.24, 2.45) is 0 Å². The van der Waals surface area contributed by atoms with Crippen LogP contribution < -0.4 is 5.46 Å². The van der Waals surface area contributed by atoms with Crippen molar-refractivity contribution in [3.05, 3.63) is 101 Å². The smallest absolute Gasteiger partial charge is 0.0963 e. The van der Waals surface area contributed by atoms with E-state index in [0.29, 0.717) is 0 Å². The maximum atomic E-state index is 6.12. The number of fused-ring (bicyclic) bond motifs is 6. The van der Waals surface area contributed by atoms with Gasteiger partial charge in [0, 0.05) is 10.8 Å². The van der Waals surface area contributed by atoms with Crippen LogP contribution in [0.1, 0.15) is 49.9 Å². The average Bonchev–Trinajstić information content (AvgIpc) is 3.13. The Labute approximate surface area is 186 Å². The highest BCUT2D eigenvalue weighted by Gasteiger charge is 2.37.